The van der Waals surface area contributed by atoms with E-state index in [1.807, 2.05) is 12.2 Å². The maximum Gasteiger partial charge on any atom is 0.306 e. The second-order valence-electron chi connectivity index (χ2n) is 19.1. The zero-order valence-electron chi connectivity index (χ0n) is 48.9. The van der Waals surface area contributed by atoms with E-state index >= 15 is 0 Å². The summed E-state index contributed by atoms with van der Waals surface area (Å²) in [5.41, 5.74) is 0. The van der Waals surface area contributed by atoms with Crippen molar-refractivity contribution < 1.29 is 28.6 Å². The number of rotatable bonds is 52. The number of ether oxygens (including phenoxy) is 3. The van der Waals surface area contributed by atoms with Gasteiger partial charge in [0.25, 0.3) is 0 Å². The number of carbonyl (C=O) groups excluding carboxylic acids is 3. The number of unbranched alkanes of at least 4 members (excludes halogenated alkanes) is 11. The van der Waals surface area contributed by atoms with E-state index < -0.39 is 12.1 Å². The van der Waals surface area contributed by atoms with Gasteiger partial charge in [-0.25, -0.2) is 0 Å². The first-order chi connectivity index (χ1) is 38.0. The molecular formula is C71H108O6. The van der Waals surface area contributed by atoms with Gasteiger partial charge in [-0.1, -0.05) is 261 Å². The minimum absolute atomic E-state index is 0.127. The predicted octanol–water partition coefficient (Wildman–Crippen LogP) is 20.9. The van der Waals surface area contributed by atoms with Gasteiger partial charge < -0.3 is 14.2 Å². The highest BCUT2D eigenvalue weighted by Crippen LogP contribution is 2.12. The molecule has 0 heterocycles. The van der Waals surface area contributed by atoms with Crippen molar-refractivity contribution in [2.45, 2.75) is 232 Å². The third-order valence-electron chi connectivity index (χ3n) is 11.9. The summed E-state index contributed by atoms with van der Waals surface area (Å²) in [6.07, 6.45) is 94.8. The Labute approximate surface area is 472 Å². The van der Waals surface area contributed by atoms with E-state index in [-0.39, 0.29) is 31.6 Å². The van der Waals surface area contributed by atoms with Crippen LogP contribution in [0.5, 0.6) is 0 Å². The van der Waals surface area contributed by atoms with Crippen molar-refractivity contribution >= 4 is 17.9 Å². The van der Waals surface area contributed by atoms with Crippen molar-refractivity contribution in [1.29, 1.82) is 0 Å². The van der Waals surface area contributed by atoms with Gasteiger partial charge in [0.1, 0.15) is 13.2 Å². The highest BCUT2D eigenvalue weighted by atomic mass is 16.6. The Morgan fingerprint density at radius 3 is 0.844 bits per heavy atom. The molecule has 0 fully saturated rings. The third kappa shape index (κ3) is 61.2. The van der Waals surface area contributed by atoms with Crippen LogP contribution in [0.25, 0.3) is 0 Å². The molecule has 6 nitrogen and oxygen atoms in total. The molecule has 428 valence electrons. The van der Waals surface area contributed by atoms with Crippen LogP contribution in [-0.4, -0.2) is 37.2 Å². The molecule has 0 rings (SSSR count). The molecule has 0 aromatic carbocycles. The van der Waals surface area contributed by atoms with Crippen LogP contribution in [0.1, 0.15) is 226 Å². The van der Waals surface area contributed by atoms with Gasteiger partial charge in [-0.05, 0) is 128 Å². The fourth-order valence-electron chi connectivity index (χ4n) is 7.46. The molecule has 1 atom stereocenters. The molecule has 0 aromatic rings. The maximum absolute atomic E-state index is 12.8. The Balaban J connectivity index is 4.43. The van der Waals surface area contributed by atoms with Gasteiger partial charge in [0.05, 0.1) is 0 Å². The molecule has 77 heavy (non-hydrogen) atoms. The Bertz CT molecular complexity index is 1840. The number of carbonyl (C=O) groups is 3. The molecule has 0 bridgehead atoms. The smallest absolute Gasteiger partial charge is 0.306 e. The molecule has 0 saturated carbocycles. The normalized spacial score (nSPS) is 13.4. The van der Waals surface area contributed by atoms with Gasteiger partial charge in [0.15, 0.2) is 6.10 Å². The highest BCUT2D eigenvalue weighted by molar-refractivity contribution is 5.71. The van der Waals surface area contributed by atoms with E-state index in [9.17, 15) is 14.4 Å². The molecule has 0 spiro atoms. The molecular weight excluding hydrogens is 949 g/mol. The van der Waals surface area contributed by atoms with Gasteiger partial charge in [-0.2, -0.15) is 0 Å². The fraction of sp³-hybridized carbons (Fsp3) is 0.535. The minimum atomic E-state index is -0.840. The number of hydrogen-bond donors (Lipinski definition) is 0. The van der Waals surface area contributed by atoms with E-state index in [0.29, 0.717) is 19.3 Å². The molecule has 0 saturated heterocycles. The monoisotopic (exact) mass is 1060 g/mol. The van der Waals surface area contributed by atoms with Gasteiger partial charge in [-0.3, -0.25) is 14.4 Å². The number of hydrogen-bond acceptors (Lipinski definition) is 6. The van der Waals surface area contributed by atoms with Gasteiger partial charge >= 0.3 is 17.9 Å². The van der Waals surface area contributed by atoms with E-state index in [1.165, 1.54) is 38.5 Å². The summed E-state index contributed by atoms with van der Waals surface area (Å²) in [5, 5.41) is 0. The summed E-state index contributed by atoms with van der Waals surface area (Å²) in [4.78, 5) is 38.1. The van der Waals surface area contributed by atoms with Crippen molar-refractivity contribution in [3.8, 4) is 0 Å². The van der Waals surface area contributed by atoms with E-state index in [1.54, 1.807) is 0 Å². The van der Waals surface area contributed by atoms with Gasteiger partial charge in [0, 0.05) is 19.3 Å². The second-order valence-corrected chi connectivity index (χ2v) is 19.1. The lowest BCUT2D eigenvalue weighted by Crippen LogP contribution is -2.30. The van der Waals surface area contributed by atoms with E-state index in [2.05, 4.69) is 191 Å². The first-order valence-electron chi connectivity index (χ1n) is 30.3. The van der Waals surface area contributed by atoms with Crippen molar-refractivity contribution in [1.82, 2.24) is 0 Å². The average Bonchev–Trinajstić information content (AvgIpc) is 3.43. The van der Waals surface area contributed by atoms with Gasteiger partial charge in [0.2, 0.25) is 0 Å². The van der Waals surface area contributed by atoms with Crippen LogP contribution in [0.2, 0.25) is 0 Å². The van der Waals surface area contributed by atoms with Crippen LogP contribution < -0.4 is 0 Å². The first-order valence-corrected chi connectivity index (χ1v) is 30.3. The van der Waals surface area contributed by atoms with Gasteiger partial charge in [-0.15, -0.1) is 0 Å². The summed E-state index contributed by atoms with van der Waals surface area (Å²) in [7, 11) is 0. The Kier molecular flexibility index (Phi) is 58.6. The topological polar surface area (TPSA) is 78.9 Å². The molecule has 0 radical (unpaired) electrons. The molecule has 1 unspecified atom stereocenters. The largest absolute Gasteiger partial charge is 0.462 e. The van der Waals surface area contributed by atoms with E-state index in [0.717, 1.165) is 141 Å². The summed E-state index contributed by atoms with van der Waals surface area (Å²) in [6.45, 7) is 6.28. The lowest BCUT2D eigenvalue weighted by Gasteiger charge is -2.18. The Morgan fingerprint density at radius 2 is 0.532 bits per heavy atom. The van der Waals surface area contributed by atoms with Crippen molar-refractivity contribution in [3.63, 3.8) is 0 Å². The summed E-state index contributed by atoms with van der Waals surface area (Å²) < 4.78 is 16.7. The average molecular weight is 1060 g/mol. The quantitative estimate of drug-likeness (QED) is 0.0261. The standard InChI is InChI=1S/C71H108O6/c1-4-7-10-13-16-19-21-23-25-27-29-30-31-32-33-34-35-36-37-38-39-40-42-43-45-47-49-52-55-58-61-64-70(73)76-67-68(66-75-69(72)63-60-57-54-51-18-15-12-9-6-3)77-71(74)65-62-59-56-53-50-48-46-44-41-28-26-24-22-20-17-14-11-8-5-2/h7-8,10-11,16-17,19-20,23-26,29-30,32-33,35-36,38-39,41-44,47-50,56,59,68H,4-6,9,12-15,18,21-22,27-28,31,34,37,40,45-46,51-55,57-58,60-67H2,1-3H3/b10-7-,11-8-,19-16-,20-17-,25-23-,26-24-,30-29-,33-32-,36-35-,39-38-,43-42-,44-41-,49-47-,50-48-,59-56-. The predicted molar refractivity (Wildman–Crippen MR) is 334 cm³/mol. The van der Waals surface area contributed by atoms with Crippen LogP contribution in [0, 0.1) is 0 Å². The van der Waals surface area contributed by atoms with Crippen LogP contribution in [0.3, 0.4) is 0 Å². The third-order valence-corrected chi connectivity index (χ3v) is 11.9. The molecule has 0 N–H and O–H groups in total. The Hall–Kier alpha value is -5.49. The fourth-order valence-corrected chi connectivity index (χ4v) is 7.46. The van der Waals surface area contributed by atoms with Crippen molar-refractivity contribution in [3.05, 3.63) is 182 Å². The van der Waals surface area contributed by atoms with E-state index in [4.69, 9.17) is 14.2 Å². The molecule has 0 aliphatic carbocycles. The number of esters is 3. The summed E-state index contributed by atoms with van der Waals surface area (Å²) in [5.74, 6) is -1.06. The zero-order valence-corrected chi connectivity index (χ0v) is 48.9. The molecule has 6 heteroatoms. The van der Waals surface area contributed by atoms with Crippen LogP contribution >= 0.6 is 0 Å². The van der Waals surface area contributed by atoms with Crippen LogP contribution in [0.15, 0.2) is 182 Å². The van der Waals surface area contributed by atoms with Crippen LogP contribution in [-0.2, 0) is 28.6 Å². The summed E-state index contributed by atoms with van der Waals surface area (Å²) in [6, 6.07) is 0. The second kappa shape index (κ2) is 63.0. The lowest BCUT2D eigenvalue weighted by atomic mass is 10.1. The van der Waals surface area contributed by atoms with Crippen molar-refractivity contribution in [2.24, 2.45) is 0 Å². The molecule has 0 aliphatic rings. The van der Waals surface area contributed by atoms with Crippen molar-refractivity contribution in [2.75, 3.05) is 13.2 Å². The first kappa shape index (κ1) is 71.5. The molecule has 0 aromatic heterocycles. The molecule has 0 aliphatic heterocycles. The highest BCUT2D eigenvalue weighted by Gasteiger charge is 2.19. The lowest BCUT2D eigenvalue weighted by molar-refractivity contribution is -0.166. The van der Waals surface area contributed by atoms with Crippen LogP contribution in [0.4, 0.5) is 0 Å². The Morgan fingerprint density at radius 1 is 0.273 bits per heavy atom. The SMILES string of the molecule is CC/C=C\C/C=C\C/C=C\C/C=C\C/C=C\C/C=C\C/C=C\C/C=C\C/C=C\CCCCCC(=O)OCC(COC(=O)CCCCCCCCCCC)OC(=O)CC/C=C\C/C=C\C/C=C\C/C=C\C/C=C\C/C=C\CC. The zero-order chi connectivity index (χ0) is 55.7. The summed E-state index contributed by atoms with van der Waals surface area (Å²) >= 11 is 0. The minimum Gasteiger partial charge on any atom is -0.462 e. The number of allylic oxidation sites excluding steroid dienone is 30. The maximum atomic E-state index is 12.8. The molecule has 0 amide bonds.